The maximum Gasteiger partial charge on any atom is 0.229 e. The van der Waals surface area contributed by atoms with E-state index in [4.69, 9.17) is 5.11 Å². The summed E-state index contributed by atoms with van der Waals surface area (Å²) in [7, 11) is 0. The Morgan fingerprint density at radius 3 is 3.04 bits per heavy atom. The minimum absolute atomic E-state index is 0.00647. The SMILES string of the molecule is O=C(N[C@]12C[C@H]1CN(c1nc(Nc3cnn(CCO)c3)ncc1F)C2)C1CC1. The van der Waals surface area contributed by atoms with Crippen molar-refractivity contribution in [2.24, 2.45) is 11.8 Å². The Morgan fingerprint density at radius 2 is 2.25 bits per heavy atom. The number of hydrogen-bond acceptors (Lipinski definition) is 7. The van der Waals surface area contributed by atoms with Gasteiger partial charge in [0.2, 0.25) is 11.9 Å². The number of rotatable bonds is 7. The number of aliphatic hydroxyl groups excluding tert-OH is 1. The standard InChI is InChI=1S/C18H22FN7O2/c19-14-7-20-17(22-13-6-21-26(9-13)3-4-27)23-15(14)25-8-12-5-18(12,10-25)24-16(28)11-1-2-11/h6-7,9,11-12,27H,1-5,8,10H2,(H,24,28)(H,20,22,23)/t12-,18-/m0/s1. The molecule has 5 rings (SSSR count). The monoisotopic (exact) mass is 387 g/mol. The van der Waals surface area contributed by atoms with Crippen molar-refractivity contribution in [2.45, 2.75) is 31.3 Å². The van der Waals surface area contributed by atoms with Gasteiger partial charge in [0.15, 0.2) is 11.6 Å². The van der Waals surface area contributed by atoms with Crippen LogP contribution in [0.4, 0.5) is 21.8 Å². The van der Waals surface area contributed by atoms with E-state index in [0.29, 0.717) is 31.2 Å². The highest BCUT2D eigenvalue weighted by atomic mass is 19.1. The number of halogens is 1. The van der Waals surface area contributed by atoms with Crippen LogP contribution in [-0.2, 0) is 11.3 Å². The van der Waals surface area contributed by atoms with Crippen molar-refractivity contribution in [3.05, 3.63) is 24.4 Å². The van der Waals surface area contributed by atoms with Gasteiger partial charge in [-0.3, -0.25) is 9.48 Å². The van der Waals surface area contributed by atoms with Crippen molar-refractivity contribution in [3.8, 4) is 0 Å². The molecule has 0 radical (unpaired) electrons. The molecule has 3 fully saturated rings. The normalized spacial score (nSPS) is 25.5. The zero-order valence-corrected chi connectivity index (χ0v) is 15.3. The van der Waals surface area contributed by atoms with Gasteiger partial charge < -0.3 is 20.6 Å². The van der Waals surface area contributed by atoms with Gasteiger partial charge in [-0.1, -0.05) is 0 Å². The second-order valence-electron chi connectivity index (χ2n) is 7.91. The number of amides is 1. The van der Waals surface area contributed by atoms with E-state index < -0.39 is 5.82 Å². The second kappa shape index (κ2) is 6.40. The van der Waals surface area contributed by atoms with Crippen LogP contribution >= 0.6 is 0 Å². The van der Waals surface area contributed by atoms with E-state index in [-0.39, 0.29) is 35.7 Å². The molecule has 148 valence electrons. The molecule has 2 aliphatic carbocycles. The van der Waals surface area contributed by atoms with E-state index in [2.05, 4.69) is 25.7 Å². The number of piperidine rings is 1. The summed E-state index contributed by atoms with van der Waals surface area (Å²) in [5, 5.41) is 19.3. The molecule has 2 aromatic heterocycles. The Kier molecular flexibility index (Phi) is 3.97. The lowest BCUT2D eigenvalue weighted by molar-refractivity contribution is -0.123. The molecule has 3 N–H and O–H groups in total. The summed E-state index contributed by atoms with van der Waals surface area (Å²) in [6.07, 6.45) is 7.36. The molecular weight excluding hydrogens is 365 g/mol. The number of nitrogens with one attached hydrogen (secondary N) is 2. The van der Waals surface area contributed by atoms with Crippen molar-refractivity contribution in [2.75, 3.05) is 29.9 Å². The number of aliphatic hydroxyl groups is 1. The molecule has 1 aliphatic heterocycles. The van der Waals surface area contributed by atoms with Gasteiger partial charge in [0.25, 0.3) is 0 Å². The van der Waals surface area contributed by atoms with Crippen LogP contribution < -0.4 is 15.5 Å². The maximum atomic E-state index is 14.4. The largest absolute Gasteiger partial charge is 0.394 e. The van der Waals surface area contributed by atoms with E-state index in [1.165, 1.54) is 0 Å². The zero-order chi connectivity index (χ0) is 19.3. The Labute approximate surface area is 161 Å². The van der Waals surface area contributed by atoms with Gasteiger partial charge in [0.1, 0.15) is 0 Å². The first-order chi connectivity index (χ1) is 13.6. The summed E-state index contributed by atoms with van der Waals surface area (Å²) in [5.41, 5.74) is 0.430. The van der Waals surface area contributed by atoms with Crippen LogP contribution in [0.5, 0.6) is 0 Å². The number of carbonyl (C=O) groups excluding carboxylic acids is 1. The molecule has 0 spiro atoms. The molecule has 0 unspecified atom stereocenters. The van der Waals surface area contributed by atoms with E-state index in [1.807, 2.05) is 4.90 Å². The number of aromatic nitrogens is 4. The molecule has 2 atom stereocenters. The van der Waals surface area contributed by atoms with Crippen molar-refractivity contribution in [1.82, 2.24) is 25.1 Å². The summed E-state index contributed by atoms with van der Waals surface area (Å²) in [4.78, 5) is 22.4. The number of nitrogens with zero attached hydrogens (tertiary/aromatic N) is 5. The molecule has 0 bridgehead atoms. The summed E-state index contributed by atoms with van der Waals surface area (Å²) in [5.74, 6) is 0.686. The molecule has 28 heavy (non-hydrogen) atoms. The summed E-state index contributed by atoms with van der Waals surface area (Å²) in [6.45, 7) is 1.62. The molecule has 3 heterocycles. The Balaban J connectivity index is 1.29. The van der Waals surface area contributed by atoms with Gasteiger partial charge in [-0.05, 0) is 19.3 Å². The first-order valence-corrected chi connectivity index (χ1v) is 9.56. The number of hydrogen-bond donors (Lipinski definition) is 3. The number of anilines is 3. The predicted molar refractivity (Wildman–Crippen MR) is 98.5 cm³/mol. The second-order valence-corrected chi connectivity index (χ2v) is 7.91. The molecule has 2 saturated carbocycles. The fraction of sp³-hybridized carbons (Fsp3) is 0.556. The fourth-order valence-corrected chi connectivity index (χ4v) is 3.95. The lowest BCUT2D eigenvalue weighted by Gasteiger charge is -2.23. The molecule has 3 aliphatic rings. The molecule has 0 aromatic carbocycles. The third kappa shape index (κ3) is 3.17. The molecule has 1 amide bonds. The number of carbonyl (C=O) groups is 1. The topological polar surface area (TPSA) is 108 Å². The van der Waals surface area contributed by atoms with Gasteiger partial charge in [-0.25, -0.2) is 9.37 Å². The minimum Gasteiger partial charge on any atom is -0.394 e. The highest BCUT2D eigenvalue weighted by Crippen LogP contribution is 2.51. The van der Waals surface area contributed by atoms with Gasteiger partial charge in [0, 0.05) is 31.1 Å². The third-order valence-corrected chi connectivity index (χ3v) is 5.71. The summed E-state index contributed by atoms with van der Waals surface area (Å²) < 4.78 is 16.0. The van der Waals surface area contributed by atoms with Crippen molar-refractivity contribution in [1.29, 1.82) is 0 Å². The number of fused-ring (bicyclic) bond motifs is 1. The zero-order valence-electron chi connectivity index (χ0n) is 15.3. The predicted octanol–water partition coefficient (Wildman–Crippen LogP) is 0.653. The average Bonchev–Trinajstić information content (AvgIpc) is 3.56. The molecular formula is C18H22FN7O2. The van der Waals surface area contributed by atoms with Crippen LogP contribution in [0.1, 0.15) is 19.3 Å². The van der Waals surface area contributed by atoms with Gasteiger partial charge in [-0.2, -0.15) is 10.1 Å². The molecule has 2 aromatic rings. The summed E-state index contributed by atoms with van der Waals surface area (Å²) in [6, 6.07) is 0. The molecule has 10 heteroatoms. The van der Waals surface area contributed by atoms with Crippen LogP contribution in [0.15, 0.2) is 18.6 Å². The van der Waals surface area contributed by atoms with Crippen LogP contribution in [0.25, 0.3) is 0 Å². The Morgan fingerprint density at radius 1 is 1.39 bits per heavy atom. The fourth-order valence-electron chi connectivity index (χ4n) is 3.95. The van der Waals surface area contributed by atoms with E-state index in [0.717, 1.165) is 25.5 Å². The molecule has 9 nitrogen and oxygen atoms in total. The smallest absolute Gasteiger partial charge is 0.229 e. The first kappa shape index (κ1) is 17.4. The van der Waals surface area contributed by atoms with Crippen molar-refractivity contribution < 1.29 is 14.3 Å². The third-order valence-electron chi connectivity index (χ3n) is 5.71. The van der Waals surface area contributed by atoms with E-state index in [1.54, 1.807) is 17.1 Å². The lowest BCUT2D eigenvalue weighted by Crippen LogP contribution is -2.43. The highest BCUT2D eigenvalue weighted by molar-refractivity contribution is 5.82. The van der Waals surface area contributed by atoms with Gasteiger partial charge >= 0.3 is 0 Å². The van der Waals surface area contributed by atoms with E-state index >= 15 is 0 Å². The van der Waals surface area contributed by atoms with Crippen LogP contribution in [0, 0.1) is 17.7 Å². The van der Waals surface area contributed by atoms with Crippen molar-refractivity contribution >= 4 is 23.4 Å². The highest BCUT2D eigenvalue weighted by Gasteiger charge is 2.62. The van der Waals surface area contributed by atoms with Gasteiger partial charge in [-0.15, -0.1) is 0 Å². The minimum atomic E-state index is -0.480. The Bertz CT molecular complexity index is 915. The maximum absolute atomic E-state index is 14.4. The Hall–Kier alpha value is -2.75. The van der Waals surface area contributed by atoms with Crippen LogP contribution in [0.3, 0.4) is 0 Å². The molecule has 1 saturated heterocycles. The average molecular weight is 387 g/mol. The first-order valence-electron chi connectivity index (χ1n) is 9.56. The van der Waals surface area contributed by atoms with Gasteiger partial charge in [0.05, 0.1) is 36.8 Å². The summed E-state index contributed by atoms with van der Waals surface area (Å²) >= 11 is 0. The lowest BCUT2D eigenvalue weighted by atomic mass is 10.2. The van der Waals surface area contributed by atoms with Crippen LogP contribution in [-0.4, -0.2) is 56.0 Å². The van der Waals surface area contributed by atoms with E-state index in [9.17, 15) is 9.18 Å². The van der Waals surface area contributed by atoms with Crippen molar-refractivity contribution in [3.63, 3.8) is 0 Å². The van der Waals surface area contributed by atoms with Crippen LogP contribution in [0.2, 0.25) is 0 Å². The quantitative estimate of drug-likeness (QED) is 0.640.